The molecule has 4 rings (SSSR count). The van der Waals surface area contributed by atoms with Gasteiger partial charge in [-0.3, -0.25) is 9.78 Å². The Morgan fingerprint density at radius 2 is 1.89 bits per heavy atom. The summed E-state index contributed by atoms with van der Waals surface area (Å²) in [7, 11) is 0. The molecule has 2 N–H and O–H groups in total. The zero-order valence-corrected chi connectivity index (χ0v) is 16.4. The first-order valence-corrected chi connectivity index (χ1v) is 9.43. The molecule has 0 saturated heterocycles. The lowest BCUT2D eigenvalue weighted by atomic mass is 9.76. The van der Waals surface area contributed by atoms with E-state index in [0.717, 1.165) is 45.9 Å². The van der Waals surface area contributed by atoms with Gasteiger partial charge in [0.15, 0.2) is 5.78 Å². The highest BCUT2D eigenvalue weighted by molar-refractivity contribution is 6.30. The van der Waals surface area contributed by atoms with Crippen molar-refractivity contribution in [3.05, 3.63) is 64.6 Å². The van der Waals surface area contributed by atoms with Crippen LogP contribution in [0.3, 0.4) is 0 Å². The van der Waals surface area contributed by atoms with Crippen molar-refractivity contribution in [3.63, 3.8) is 0 Å². The Morgan fingerprint density at radius 1 is 1.15 bits per heavy atom. The number of Topliss-reactive ketones (excluding diaryl/α,β-unsaturated/α-hetero) is 1. The average Bonchev–Trinajstić information content (AvgIpc) is 2.96. The molecular weight excluding hydrogens is 358 g/mol. The highest BCUT2D eigenvalue weighted by Crippen LogP contribution is 2.43. The Hall–Kier alpha value is -2.59. The van der Waals surface area contributed by atoms with E-state index in [1.165, 1.54) is 0 Å². The molecule has 3 aromatic rings. The largest absolute Gasteiger partial charge is 0.356 e. The van der Waals surface area contributed by atoms with Gasteiger partial charge in [0.05, 0.1) is 16.9 Å². The first kappa shape index (κ1) is 17.8. The lowest BCUT2D eigenvalue weighted by molar-refractivity contribution is 0.0912. The fourth-order valence-electron chi connectivity index (χ4n) is 3.78. The number of aromatic nitrogens is 2. The summed E-state index contributed by atoms with van der Waals surface area (Å²) in [6, 6.07) is 9.63. The number of hydrogen-bond acceptors (Lipinski definition) is 3. The number of nitrogens with one attached hydrogen (secondary N) is 2. The van der Waals surface area contributed by atoms with Gasteiger partial charge in [-0.15, -0.1) is 0 Å². The van der Waals surface area contributed by atoms with Crippen LogP contribution in [0.2, 0.25) is 5.02 Å². The molecule has 0 spiro atoms. The molecule has 0 radical (unpaired) electrons. The number of benzene rings is 1. The minimum Gasteiger partial charge on any atom is -0.356 e. The van der Waals surface area contributed by atoms with Crippen LogP contribution in [0.15, 0.2) is 42.7 Å². The van der Waals surface area contributed by atoms with E-state index in [1.807, 2.05) is 37.3 Å². The van der Waals surface area contributed by atoms with E-state index in [9.17, 15) is 4.79 Å². The highest BCUT2D eigenvalue weighted by atomic mass is 35.5. The maximum atomic E-state index is 13.0. The topological polar surface area (TPSA) is 57.8 Å². The lowest BCUT2D eigenvalue weighted by Crippen LogP contribution is -2.26. The molecule has 0 amide bonds. The lowest BCUT2D eigenvalue weighted by Gasteiger charge is -2.28. The van der Waals surface area contributed by atoms with Gasteiger partial charge in [-0.05, 0) is 48.6 Å². The van der Waals surface area contributed by atoms with Crippen LogP contribution in [0.25, 0.3) is 11.3 Å². The van der Waals surface area contributed by atoms with Crippen molar-refractivity contribution in [1.82, 2.24) is 9.97 Å². The zero-order valence-electron chi connectivity index (χ0n) is 15.7. The van der Waals surface area contributed by atoms with Crippen molar-refractivity contribution in [1.29, 1.82) is 0 Å². The normalized spacial score (nSPS) is 15.5. The SMILES string of the molecule is Cc1ccc(Cl)cc1Nc1c(-c2ccncc2)[nH]c2c1C(=O)CC(C)(C)C2. The summed E-state index contributed by atoms with van der Waals surface area (Å²) >= 11 is 6.20. The number of nitrogens with zero attached hydrogens (tertiary/aromatic N) is 1. The third kappa shape index (κ3) is 3.37. The van der Waals surface area contributed by atoms with E-state index >= 15 is 0 Å². The van der Waals surface area contributed by atoms with E-state index in [4.69, 9.17) is 11.6 Å². The van der Waals surface area contributed by atoms with E-state index in [-0.39, 0.29) is 11.2 Å². The summed E-state index contributed by atoms with van der Waals surface area (Å²) < 4.78 is 0. The number of rotatable bonds is 3. The van der Waals surface area contributed by atoms with Crippen LogP contribution < -0.4 is 5.32 Å². The van der Waals surface area contributed by atoms with Crippen molar-refractivity contribution < 1.29 is 4.79 Å². The van der Waals surface area contributed by atoms with Crippen molar-refractivity contribution in [2.45, 2.75) is 33.6 Å². The minimum atomic E-state index is -0.0479. The van der Waals surface area contributed by atoms with Crippen LogP contribution >= 0.6 is 11.6 Å². The first-order valence-electron chi connectivity index (χ1n) is 9.06. The van der Waals surface area contributed by atoms with Gasteiger partial charge in [0.2, 0.25) is 0 Å². The molecule has 0 saturated carbocycles. The van der Waals surface area contributed by atoms with Gasteiger partial charge in [-0.25, -0.2) is 0 Å². The smallest absolute Gasteiger partial charge is 0.167 e. The van der Waals surface area contributed by atoms with Crippen LogP contribution in [0, 0.1) is 12.3 Å². The Labute approximate surface area is 164 Å². The van der Waals surface area contributed by atoms with E-state index in [0.29, 0.717) is 11.4 Å². The Morgan fingerprint density at radius 3 is 2.63 bits per heavy atom. The van der Waals surface area contributed by atoms with Gasteiger partial charge < -0.3 is 10.3 Å². The molecule has 0 aliphatic heterocycles. The van der Waals surface area contributed by atoms with Crippen molar-refractivity contribution in [2.24, 2.45) is 5.41 Å². The molecule has 1 aliphatic rings. The van der Waals surface area contributed by atoms with Gasteiger partial charge in [0.1, 0.15) is 0 Å². The molecule has 138 valence electrons. The second kappa shape index (κ2) is 6.54. The van der Waals surface area contributed by atoms with Crippen LogP contribution in [0.1, 0.15) is 41.9 Å². The Bertz CT molecular complexity index is 1020. The van der Waals surface area contributed by atoms with Crippen molar-refractivity contribution >= 4 is 28.8 Å². The van der Waals surface area contributed by atoms with Crippen molar-refractivity contribution in [2.75, 3.05) is 5.32 Å². The first-order chi connectivity index (χ1) is 12.8. The zero-order chi connectivity index (χ0) is 19.2. The average molecular weight is 380 g/mol. The standard InChI is InChI=1S/C22H22ClN3O/c1-13-4-5-15(23)10-16(13)25-21-19-17(11-22(2,3)12-18(19)27)26-20(21)14-6-8-24-9-7-14/h4-10,25-26H,11-12H2,1-3H3. The van der Waals surface area contributed by atoms with Gasteiger partial charge in [-0.1, -0.05) is 31.5 Å². The summed E-state index contributed by atoms with van der Waals surface area (Å²) in [5, 5.41) is 4.15. The summed E-state index contributed by atoms with van der Waals surface area (Å²) in [5.41, 5.74) is 6.40. The number of halogens is 1. The number of anilines is 2. The third-order valence-electron chi connectivity index (χ3n) is 5.08. The molecule has 0 fully saturated rings. The molecule has 27 heavy (non-hydrogen) atoms. The van der Waals surface area contributed by atoms with Crippen LogP contribution in [-0.2, 0) is 6.42 Å². The van der Waals surface area contributed by atoms with Gasteiger partial charge in [0, 0.05) is 40.8 Å². The molecular formula is C22H22ClN3O. The number of pyridine rings is 1. The number of carbonyl (C=O) groups is 1. The maximum Gasteiger partial charge on any atom is 0.167 e. The fourth-order valence-corrected chi connectivity index (χ4v) is 3.95. The number of carbonyl (C=O) groups excluding carboxylic acids is 1. The van der Waals surface area contributed by atoms with Gasteiger partial charge in [-0.2, -0.15) is 0 Å². The summed E-state index contributed by atoms with van der Waals surface area (Å²) in [5.74, 6) is 0.167. The van der Waals surface area contributed by atoms with Crippen molar-refractivity contribution in [3.8, 4) is 11.3 Å². The number of aryl methyl sites for hydroxylation is 1. The predicted octanol–water partition coefficient (Wildman–Crippen LogP) is 5.94. The number of fused-ring (bicyclic) bond motifs is 1. The summed E-state index contributed by atoms with van der Waals surface area (Å²) in [4.78, 5) is 20.6. The van der Waals surface area contributed by atoms with E-state index in [1.54, 1.807) is 12.4 Å². The molecule has 1 aromatic carbocycles. The Kier molecular flexibility index (Phi) is 4.31. The number of ketones is 1. The van der Waals surface area contributed by atoms with Gasteiger partial charge in [0.25, 0.3) is 0 Å². The fraction of sp³-hybridized carbons (Fsp3) is 0.273. The quantitative estimate of drug-likeness (QED) is 0.592. The number of aromatic amines is 1. The molecule has 2 heterocycles. The molecule has 2 aromatic heterocycles. The van der Waals surface area contributed by atoms with Crippen LogP contribution in [0.4, 0.5) is 11.4 Å². The summed E-state index contributed by atoms with van der Waals surface area (Å²) in [6.45, 7) is 6.29. The van der Waals surface area contributed by atoms with E-state index < -0.39 is 0 Å². The molecule has 0 bridgehead atoms. The second-order valence-electron chi connectivity index (χ2n) is 7.99. The van der Waals surface area contributed by atoms with Crippen LogP contribution in [0.5, 0.6) is 0 Å². The third-order valence-corrected chi connectivity index (χ3v) is 5.31. The molecule has 5 heteroatoms. The monoisotopic (exact) mass is 379 g/mol. The minimum absolute atomic E-state index is 0.0479. The predicted molar refractivity (Wildman–Crippen MR) is 110 cm³/mol. The number of H-pyrrole nitrogens is 1. The van der Waals surface area contributed by atoms with Crippen LogP contribution in [-0.4, -0.2) is 15.8 Å². The number of hydrogen-bond donors (Lipinski definition) is 2. The van der Waals surface area contributed by atoms with Gasteiger partial charge >= 0.3 is 0 Å². The highest BCUT2D eigenvalue weighted by Gasteiger charge is 2.35. The maximum absolute atomic E-state index is 13.0. The molecule has 0 atom stereocenters. The summed E-state index contributed by atoms with van der Waals surface area (Å²) in [6.07, 6.45) is 4.89. The molecule has 0 unspecified atom stereocenters. The van der Waals surface area contributed by atoms with E-state index in [2.05, 4.69) is 29.1 Å². The second-order valence-corrected chi connectivity index (χ2v) is 8.43. The Balaban J connectivity index is 1.90. The molecule has 4 nitrogen and oxygen atoms in total. The molecule has 1 aliphatic carbocycles.